The molecule has 0 fully saturated rings. The van der Waals surface area contributed by atoms with Crippen molar-refractivity contribution in [2.75, 3.05) is 5.73 Å². The van der Waals surface area contributed by atoms with E-state index in [0.717, 1.165) is 0 Å². The van der Waals surface area contributed by atoms with Crippen LogP contribution in [-0.2, 0) is 0 Å². The van der Waals surface area contributed by atoms with Gasteiger partial charge in [0, 0.05) is 0 Å². The smallest absolute Gasteiger partial charge is 0.380 e. The molecule has 8 heteroatoms. The number of rotatable bonds is 1. The molecular formula is C5H6F3N5. The Morgan fingerprint density at radius 3 is 2.46 bits per heavy atom. The first-order valence-corrected chi connectivity index (χ1v) is 3.20. The number of anilines is 1. The van der Waals surface area contributed by atoms with Crippen LogP contribution in [0.25, 0.3) is 0 Å². The van der Waals surface area contributed by atoms with Gasteiger partial charge in [-0.25, -0.2) is 0 Å². The van der Waals surface area contributed by atoms with Gasteiger partial charge in [0.05, 0.1) is 5.69 Å². The first-order chi connectivity index (χ1) is 5.90. The molecule has 13 heavy (non-hydrogen) atoms. The summed E-state index contributed by atoms with van der Waals surface area (Å²) in [5.74, 6) is -0.106. The van der Waals surface area contributed by atoms with Crippen LogP contribution >= 0.6 is 0 Å². The number of H-pyrrole nitrogens is 1. The summed E-state index contributed by atoms with van der Waals surface area (Å²) in [5, 5.41) is 10.8. The summed E-state index contributed by atoms with van der Waals surface area (Å²) >= 11 is 0. The summed E-state index contributed by atoms with van der Waals surface area (Å²) in [4.78, 5) is 0. The lowest BCUT2D eigenvalue weighted by Gasteiger charge is -1.95. The SMILES string of the molecule is Cc1[nH]nc(N)c1N=NC(F)(F)F. The number of aromatic amines is 1. The van der Waals surface area contributed by atoms with Crippen LogP contribution in [0.15, 0.2) is 10.2 Å². The minimum Gasteiger partial charge on any atom is -0.380 e. The van der Waals surface area contributed by atoms with Crippen molar-refractivity contribution in [3.05, 3.63) is 5.69 Å². The molecule has 5 nitrogen and oxygen atoms in total. The summed E-state index contributed by atoms with van der Waals surface area (Å²) in [6, 6.07) is 0. The molecule has 72 valence electrons. The number of nitrogens with two attached hydrogens (primary N) is 1. The lowest BCUT2D eigenvalue weighted by Crippen LogP contribution is -1.99. The third kappa shape index (κ3) is 2.42. The lowest BCUT2D eigenvalue weighted by molar-refractivity contribution is -0.125. The highest BCUT2D eigenvalue weighted by molar-refractivity contribution is 5.59. The molecule has 1 aromatic heterocycles. The molecular weight excluding hydrogens is 187 g/mol. The largest absolute Gasteiger partial charge is 0.521 e. The number of nitrogens with zero attached hydrogens (tertiary/aromatic N) is 3. The second kappa shape index (κ2) is 3.04. The Balaban J connectivity index is 2.92. The Bertz CT molecular complexity index is 306. The second-order valence-corrected chi connectivity index (χ2v) is 2.25. The van der Waals surface area contributed by atoms with Crippen LogP contribution < -0.4 is 5.73 Å². The zero-order valence-corrected chi connectivity index (χ0v) is 6.55. The number of azo groups is 1. The molecule has 0 unspecified atom stereocenters. The van der Waals surface area contributed by atoms with Crippen molar-refractivity contribution in [2.24, 2.45) is 10.2 Å². The zero-order valence-electron chi connectivity index (χ0n) is 6.55. The van der Waals surface area contributed by atoms with Crippen molar-refractivity contribution in [3.63, 3.8) is 0 Å². The summed E-state index contributed by atoms with van der Waals surface area (Å²) < 4.78 is 34.7. The van der Waals surface area contributed by atoms with Crippen LogP contribution in [0.2, 0.25) is 0 Å². The van der Waals surface area contributed by atoms with Crippen LogP contribution in [0.4, 0.5) is 24.7 Å². The number of aryl methyl sites for hydroxylation is 1. The van der Waals surface area contributed by atoms with Crippen molar-refractivity contribution < 1.29 is 13.2 Å². The van der Waals surface area contributed by atoms with E-state index in [-0.39, 0.29) is 11.5 Å². The third-order valence-corrected chi connectivity index (χ3v) is 1.21. The van der Waals surface area contributed by atoms with Gasteiger partial charge < -0.3 is 5.73 Å². The highest BCUT2D eigenvalue weighted by Crippen LogP contribution is 2.26. The number of alkyl halides is 3. The van der Waals surface area contributed by atoms with Gasteiger partial charge >= 0.3 is 6.30 Å². The Kier molecular flexibility index (Phi) is 2.22. The van der Waals surface area contributed by atoms with Crippen LogP contribution in [0.5, 0.6) is 0 Å². The topological polar surface area (TPSA) is 79.4 Å². The summed E-state index contributed by atoms with van der Waals surface area (Å²) in [6.07, 6.45) is -4.68. The van der Waals surface area contributed by atoms with E-state index in [4.69, 9.17) is 5.73 Å². The number of halogens is 3. The van der Waals surface area contributed by atoms with Crippen molar-refractivity contribution in [3.8, 4) is 0 Å². The van der Waals surface area contributed by atoms with E-state index in [1.807, 2.05) is 0 Å². The van der Waals surface area contributed by atoms with E-state index < -0.39 is 6.30 Å². The maximum Gasteiger partial charge on any atom is 0.521 e. The van der Waals surface area contributed by atoms with Crippen molar-refractivity contribution in [1.82, 2.24) is 10.2 Å². The summed E-state index contributed by atoms with van der Waals surface area (Å²) in [7, 11) is 0. The number of hydrogen-bond acceptors (Lipinski definition) is 4. The molecule has 0 atom stereocenters. The first kappa shape index (κ1) is 9.49. The monoisotopic (exact) mass is 193 g/mol. The molecule has 0 aliphatic rings. The van der Waals surface area contributed by atoms with Gasteiger partial charge in [0.2, 0.25) is 0 Å². The summed E-state index contributed by atoms with van der Waals surface area (Å²) in [5.41, 5.74) is 5.46. The van der Waals surface area contributed by atoms with Gasteiger partial charge in [-0.15, -0.1) is 18.3 Å². The Morgan fingerprint density at radius 2 is 2.08 bits per heavy atom. The molecule has 0 bridgehead atoms. The second-order valence-electron chi connectivity index (χ2n) is 2.25. The van der Waals surface area contributed by atoms with E-state index in [1.54, 1.807) is 0 Å². The Hall–Kier alpha value is -1.60. The minimum atomic E-state index is -4.68. The van der Waals surface area contributed by atoms with Gasteiger partial charge in [-0.2, -0.15) is 5.10 Å². The molecule has 0 saturated carbocycles. The van der Waals surface area contributed by atoms with Crippen molar-refractivity contribution in [1.29, 1.82) is 0 Å². The van der Waals surface area contributed by atoms with Crippen LogP contribution in [0, 0.1) is 6.92 Å². The molecule has 0 spiro atoms. The van der Waals surface area contributed by atoms with E-state index in [9.17, 15) is 13.2 Å². The van der Waals surface area contributed by atoms with Crippen LogP contribution in [0.1, 0.15) is 5.69 Å². The standard InChI is InChI=1S/C5H6F3N5/c1-2-3(4(9)12-10-2)11-13-5(6,7)8/h1H3,(H3,9,10,12). The Labute approximate surface area is 70.8 Å². The molecule has 0 aliphatic heterocycles. The Morgan fingerprint density at radius 1 is 1.46 bits per heavy atom. The number of nitrogen functional groups attached to an aromatic ring is 1. The number of hydrogen-bond donors (Lipinski definition) is 2. The molecule has 1 aromatic rings. The summed E-state index contributed by atoms with van der Waals surface area (Å²) in [6.45, 7) is 1.49. The van der Waals surface area contributed by atoms with E-state index in [0.29, 0.717) is 5.69 Å². The number of aromatic nitrogens is 2. The zero-order chi connectivity index (χ0) is 10.1. The molecule has 0 saturated heterocycles. The van der Waals surface area contributed by atoms with E-state index >= 15 is 0 Å². The molecule has 1 heterocycles. The fourth-order valence-corrected chi connectivity index (χ4v) is 0.675. The van der Waals surface area contributed by atoms with Crippen LogP contribution in [-0.4, -0.2) is 16.5 Å². The van der Waals surface area contributed by atoms with E-state index in [2.05, 4.69) is 20.4 Å². The van der Waals surface area contributed by atoms with E-state index in [1.165, 1.54) is 6.92 Å². The lowest BCUT2D eigenvalue weighted by atomic mass is 10.4. The third-order valence-electron chi connectivity index (χ3n) is 1.21. The van der Waals surface area contributed by atoms with Crippen molar-refractivity contribution >= 4 is 11.5 Å². The van der Waals surface area contributed by atoms with Gasteiger partial charge in [0.25, 0.3) is 0 Å². The molecule has 1 rings (SSSR count). The van der Waals surface area contributed by atoms with Gasteiger partial charge in [-0.3, -0.25) is 5.10 Å². The average Bonchev–Trinajstić information content (AvgIpc) is 2.27. The molecule has 0 aliphatic carbocycles. The molecule has 0 radical (unpaired) electrons. The quantitative estimate of drug-likeness (QED) is 0.527. The minimum absolute atomic E-state index is 0.0858. The van der Waals surface area contributed by atoms with Gasteiger partial charge in [0.15, 0.2) is 5.82 Å². The van der Waals surface area contributed by atoms with Gasteiger partial charge in [-0.1, -0.05) is 5.11 Å². The van der Waals surface area contributed by atoms with Crippen LogP contribution in [0.3, 0.4) is 0 Å². The molecule has 3 N–H and O–H groups in total. The van der Waals surface area contributed by atoms with Gasteiger partial charge in [-0.05, 0) is 6.92 Å². The molecule has 0 aromatic carbocycles. The highest BCUT2D eigenvalue weighted by Gasteiger charge is 2.27. The average molecular weight is 193 g/mol. The first-order valence-electron chi connectivity index (χ1n) is 3.20. The molecule has 0 amide bonds. The predicted octanol–water partition coefficient (Wildman–Crippen LogP) is 1.90. The fourth-order valence-electron chi connectivity index (χ4n) is 0.675. The van der Waals surface area contributed by atoms with Gasteiger partial charge in [0.1, 0.15) is 5.69 Å². The maximum absolute atomic E-state index is 11.6. The maximum atomic E-state index is 11.6. The van der Waals surface area contributed by atoms with Crippen molar-refractivity contribution in [2.45, 2.75) is 13.2 Å². The normalized spacial score (nSPS) is 12.6. The highest BCUT2D eigenvalue weighted by atomic mass is 19.4. The predicted molar refractivity (Wildman–Crippen MR) is 38.3 cm³/mol. The number of nitrogens with one attached hydrogen (secondary N) is 1. The fraction of sp³-hybridized carbons (Fsp3) is 0.400.